The van der Waals surface area contributed by atoms with Crippen LogP contribution in [0.2, 0.25) is 0 Å². The SMILES string of the molecule is CN(CC(=O)O)C(=N)N.CN(CC(=O)O)C(=N)N.O=C(O)c1cc(=O)[nH]c(=O)[nH]1. The number of aromatic nitrogens is 2. The van der Waals surface area contributed by atoms with Crippen LogP contribution in [0.15, 0.2) is 15.7 Å². The van der Waals surface area contributed by atoms with Crippen molar-refractivity contribution < 1.29 is 29.7 Å². The molecule has 0 atom stereocenters. The van der Waals surface area contributed by atoms with Gasteiger partial charge in [-0.3, -0.25) is 30.2 Å². The lowest BCUT2D eigenvalue weighted by atomic mass is 10.4. The predicted octanol–water partition coefficient (Wildman–Crippen LogP) is -3.45. The van der Waals surface area contributed by atoms with Gasteiger partial charge in [-0.1, -0.05) is 0 Å². The number of aliphatic carboxylic acids is 2. The highest BCUT2D eigenvalue weighted by molar-refractivity contribution is 5.84. The number of nitrogens with two attached hydrogens (primary N) is 2. The first-order chi connectivity index (χ1) is 13.2. The Morgan fingerprint density at radius 3 is 1.52 bits per heavy atom. The second kappa shape index (κ2) is 12.9. The lowest BCUT2D eigenvalue weighted by Crippen LogP contribution is -2.36. The van der Waals surface area contributed by atoms with E-state index in [1.54, 1.807) is 0 Å². The zero-order valence-electron chi connectivity index (χ0n) is 15.4. The highest BCUT2D eigenvalue weighted by atomic mass is 16.4. The zero-order valence-corrected chi connectivity index (χ0v) is 15.4. The van der Waals surface area contributed by atoms with Crippen LogP contribution in [-0.4, -0.2) is 92.1 Å². The highest BCUT2D eigenvalue weighted by Crippen LogP contribution is 1.82. The monoisotopic (exact) mass is 418 g/mol. The summed E-state index contributed by atoms with van der Waals surface area (Å²) in [6.45, 7) is -0.454. The largest absolute Gasteiger partial charge is 0.480 e. The van der Waals surface area contributed by atoms with Crippen molar-refractivity contribution >= 4 is 29.8 Å². The summed E-state index contributed by atoms with van der Waals surface area (Å²) in [4.78, 5) is 57.0. The third kappa shape index (κ3) is 14.5. The molecule has 0 aliphatic rings. The van der Waals surface area contributed by atoms with Crippen LogP contribution in [0.4, 0.5) is 0 Å². The Kier molecular flexibility index (Phi) is 11.9. The van der Waals surface area contributed by atoms with Crippen molar-refractivity contribution in [2.45, 2.75) is 0 Å². The third-order valence-electron chi connectivity index (χ3n) is 2.56. The van der Waals surface area contributed by atoms with Crippen LogP contribution in [-0.2, 0) is 9.59 Å². The summed E-state index contributed by atoms with van der Waals surface area (Å²) in [5, 5.41) is 38.1. The number of nitrogens with one attached hydrogen (secondary N) is 4. The molecular weight excluding hydrogens is 396 g/mol. The number of hydrogen-bond donors (Lipinski definition) is 9. The zero-order chi connectivity index (χ0) is 23.3. The van der Waals surface area contributed by atoms with Crippen LogP contribution < -0.4 is 22.7 Å². The average Bonchev–Trinajstić information content (AvgIpc) is 2.53. The van der Waals surface area contributed by atoms with Crippen molar-refractivity contribution in [2.75, 3.05) is 27.2 Å². The first-order valence-electron chi connectivity index (χ1n) is 7.28. The van der Waals surface area contributed by atoms with Crippen molar-refractivity contribution in [1.29, 1.82) is 10.8 Å². The molecule has 29 heavy (non-hydrogen) atoms. The van der Waals surface area contributed by atoms with Crippen molar-refractivity contribution in [1.82, 2.24) is 19.8 Å². The number of aromatic amines is 2. The minimum atomic E-state index is -1.34. The van der Waals surface area contributed by atoms with Crippen LogP contribution in [0.1, 0.15) is 10.5 Å². The van der Waals surface area contributed by atoms with Gasteiger partial charge in [-0.25, -0.2) is 9.59 Å². The molecule has 0 unspecified atom stereocenters. The number of likely N-dealkylation sites (N-methyl/N-ethyl adjacent to an activating group) is 2. The number of carbonyl (C=O) groups is 3. The van der Waals surface area contributed by atoms with Gasteiger partial charge in [0.2, 0.25) is 0 Å². The minimum Gasteiger partial charge on any atom is -0.480 e. The summed E-state index contributed by atoms with van der Waals surface area (Å²) in [5.74, 6) is -3.80. The molecule has 1 heterocycles. The Morgan fingerprint density at radius 1 is 0.931 bits per heavy atom. The topological polar surface area (TPSA) is 284 Å². The number of nitrogens with zero attached hydrogens (tertiary/aromatic N) is 2. The van der Waals surface area contributed by atoms with E-state index in [0.29, 0.717) is 0 Å². The third-order valence-corrected chi connectivity index (χ3v) is 2.56. The number of aromatic carboxylic acids is 1. The summed E-state index contributed by atoms with van der Waals surface area (Å²) < 4.78 is 0. The lowest BCUT2D eigenvalue weighted by Gasteiger charge is -2.12. The maximum Gasteiger partial charge on any atom is 0.352 e. The minimum absolute atomic E-state index is 0.227. The van der Waals surface area contributed by atoms with Crippen molar-refractivity contribution in [2.24, 2.45) is 11.5 Å². The summed E-state index contributed by atoms with van der Waals surface area (Å²) in [6.07, 6.45) is 0. The molecule has 16 heteroatoms. The molecule has 0 saturated heterocycles. The van der Waals surface area contributed by atoms with Gasteiger partial charge in [-0.15, -0.1) is 0 Å². The first-order valence-corrected chi connectivity index (χ1v) is 7.28. The summed E-state index contributed by atoms with van der Waals surface area (Å²) in [6, 6.07) is 0.795. The lowest BCUT2D eigenvalue weighted by molar-refractivity contribution is -0.138. The predicted molar refractivity (Wildman–Crippen MR) is 99.0 cm³/mol. The molecule has 162 valence electrons. The average molecular weight is 418 g/mol. The number of hydrogen-bond acceptors (Lipinski definition) is 7. The molecule has 1 aromatic rings. The van der Waals surface area contributed by atoms with Crippen LogP contribution in [0.25, 0.3) is 0 Å². The molecular formula is C13H22N8O8. The second-order valence-electron chi connectivity index (χ2n) is 5.08. The molecule has 11 N–H and O–H groups in total. The van der Waals surface area contributed by atoms with E-state index in [4.69, 9.17) is 37.6 Å². The molecule has 1 rings (SSSR count). The standard InChI is InChI=1S/C5H4N2O4.2C4H9N3O2/c8-3-1-2(4(9)10)6-5(11)7-3;2*1-7(4(5)6)2-3(8)9/h1H,(H,9,10)(H2,6,7,8,11);2*2H2,1H3,(H3,5,6)(H,8,9). The number of carboxylic acids is 3. The van der Waals surface area contributed by atoms with Gasteiger partial charge >= 0.3 is 23.6 Å². The van der Waals surface area contributed by atoms with E-state index in [1.807, 2.05) is 9.97 Å². The molecule has 0 bridgehead atoms. The van der Waals surface area contributed by atoms with Gasteiger partial charge in [-0.2, -0.15) is 0 Å². The molecule has 1 aromatic heterocycles. The maximum absolute atomic E-state index is 10.5. The fraction of sp³-hybridized carbons (Fsp3) is 0.308. The quantitative estimate of drug-likeness (QED) is 0.167. The van der Waals surface area contributed by atoms with Gasteiger partial charge < -0.3 is 41.6 Å². The molecule has 0 radical (unpaired) electrons. The molecule has 0 aliphatic carbocycles. The van der Waals surface area contributed by atoms with Gasteiger partial charge in [0.15, 0.2) is 11.9 Å². The Morgan fingerprint density at radius 2 is 1.31 bits per heavy atom. The maximum atomic E-state index is 10.5. The highest BCUT2D eigenvalue weighted by Gasteiger charge is 2.04. The second-order valence-corrected chi connectivity index (χ2v) is 5.08. The van der Waals surface area contributed by atoms with Crippen LogP contribution in [0, 0.1) is 10.8 Å². The normalized spacial score (nSPS) is 8.90. The van der Waals surface area contributed by atoms with E-state index in [2.05, 4.69) is 0 Å². The summed E-state index contributed by atoms with van der Waals surface area (Å²) >= 11 is 0. The smallest absolute Gasteiger partial charge is 0.352 e. The fourth-order valence-corrected chi connectivity index (χ4v) is 1.16. The molecule has 0 amide bonds. The Hall–Kier alpha value is -4.37. The van der Waals surface area contributed by atoms with E-state index in [1.165, 1.54) is 14.1 Å². The van der Waals surface area contributed by atoms with Gasteiger partial charge in [0.05, 0.1) is 0 Å². The van der Waals surface area contributed by atoms with Crippen molar-refractivity contribution in [3.8, 4) is 0 Å². The Labute approximate surface area is 162 Å². The molecule has 0 aliphatic heterocycles. The number of H-pyrrole nitrogens is 2. The summed E-state index contributed by atoms with van der Waals surface area (Å²) in [5.41, 5.74) is 7.89. The summed E-state index contributed by atoms with van der Waals surface area (Å²) in [7, 11) is 2.88. The molecule has 0 fully saturated rings. The van der Waals surface area contributed by atoms with Crippen molar-refractivity contribution in [3.05, 3.63) is 32.6 Å². The van der Waals surface area contributed by atoms with Crippen LogP contribution in [0.5, 0.6) is 0 Å². The number of rotatable bonds is 5. The fourth-order valence-electron chi connectivity index (χ4n) is 1.16. The molecule has 0 saturated carbocycles. The first kappa shape index (κ1) is 26.9. The van der Waals surface area contributed by atoms with Gasteiger partial charge in [0, 0.05) is 20.2 Å². The van der Waals surface area contributed by atoms with Crippen LogP contribution in [0.3, 0.4) is 0 Å². The van der Waals surface area contributed by atoms with E-state index < -0.39 is 34.9 Å². The van der Waals surface area contributed by atoms with Crippen molar-refractivity contribution in [3.63, 3.8) is 0 Å². The van der Waals surface area contributed by atoms with E-state index >= 15 is 0 Å². The molecule has 16 nitrogen and oxygen atoms in total. The molecule has 0 aromatic carbocycles. The van der Waals surface area contributed by atoms with Gasteiger partial charge in [0.1, 0.15) is 18.8 Å². The number of carboxylic acid groups (broad SMARTS) is 3. The van der Waals surface area contributed by atoms with E-state index in [9.17, 15) is 24.0 Å². The van der Waals surface area contributed by atoms with Crippen LogP contribution >= 0.6 is 0 Å². The Balaban J connectivity index is 0. The molecule has 0 spiro atoms. The van der Waals surface area contributed by atoms with Gasteiger partial charge in [0.25, 0.3) is 5.56 Å². The van der Waals surface area contributed by atoms with Gasteiger partial charge in [-0.05, 0) is 0 Å². The van der Waals surface area contributed by atoms with E-state index in [-0.39, 0.29) is 25.0 Å². The number of guanidine groups is 2. The Bertz CT molecular complexity index is 801. The van der Waals surface area contributed by atoms with E-state index in [0.717, 1.165) is 15.9 Å².